The standard InChI is InChI=1S/C10H14N4O/c1-4-8(15-3)10-13-6(2)7(5-11)9(12)14-10/h8H,4H2,1-3H3,(H2,12,13,14). The number of aromatic nitrogens is 2. The average molecular weight is 206 g/mol. The van der Waals surface area contributed by atoms with Crippen LogP contribution < -0.4 is 5.73 Å². The number of rotatable bonds is 3. The molecule has 0 aromatic carbocycles. The molecule has 1 unspecified atom stereocenters. The van der Waals surface area contributed by atoms with Crippen molar-refractivity contribution < 1.29 is 4.74 Å². The van der Waals surface area contributed by atoms with Gasteiger partial charge in [0, 0.05) is 7.11 Å². The predicted octanol–water partition coefficient (Wildman–Crippen LogP) is 1.34. The van der Waals surface area contributed by atoms with E-state index in [2.05, 4.69) is 9.97 Å². The Morgan fingerprint density at radius 1 is 1.53 bits per heavy atom. The van der Waals surface area contributed by atoms with Crippen LogP contribution in [-0.2, 0) is 4.74 Å². The maximum absolute atomic E-state index is 8.80. The van der Waals surface area contributed by atoms with Crippen LogP contribution in [0.25, 0.3) is 0 Å². The molecule has 1 atom stereocenters. The Hall–Kier alpha value is -1.67. The summed E-state index contributed by atoms with van der Waals surface area (Å²) in [7, 11) is 1.60. The smallest absolute Gasteiger partial charge is 0.159 e. The lowest BCUT2D eigenvalue weighted by atomic mass is 10.2. The average Bonchev–Trinajstić information content (AvgIpc) is 2.19. The number of nitrogens with two attached hydrogens (primary N) is 1. The number of hydrogen-bond donors (Lipinski definition) is 1. The number of anilines is 1. The van der Waals surface area contributed by atoms with E-state index < -0.39 is 0 Å². The van der Waals surface area contributed by atoms with Gasteiger partial charge in [-0.2, -0.15) is 5.26 Å². The molecule has 1 aromatic heterocycles. The van der Waals surface area contributed by atoms with Crippen LogP contribution in [0.1, 0.15) is 36.5 Å². The Bertz CT molecular complexity index is 370. The van der Waals surface area contributed by atoms with Gasteiger partial charge in [-0.25, -0.2) is 9.97 Å². The van der Waals surface area contributed by atoms with E-state index in [4.69, 9.17) is 15.7 Å². The van der Waals surface area contributed by atoms with Gasteiger partial charge >= 0.3 is 0 Å². The van der Waals surface area contributed by atoms with E-state index in [-0.39, 0.29) is 11.9 Å². The van der Waals surface area contributed by atoms with Crippen LogP contribution in [0, 0.1) is 18.3 Å². The third-order valence-electron chi connectivity index (χ3n) is 2.19. The highest BCUT2D eigenvalue weighted by atomic mass is 16.5. The number of ether oxygens (including phenoxy) is 1. The summed E-state index contributed by atoms with van der Waals surface area (Å²) < 4.78 is 5.21. The Morgan fingerprint density at radius 2 is 2.20 bits per heavy atom. The Labute approximate surface area is 88.9 Å². The molecule has 1 aromatic rings. The highest BCUT2D eigenvalue weighted by Crippen LogP contribution is 2.20. The Kier molecular flexibility index (Phi) is 3.58. The number of aryl methyl sites for hydroxylation is 1. The quantitative estimate of drug-likeness (QED) is 0.806. The van der Waals surface area contributed by atoms with Crippen molar-refractivity contribution in [1.29, 1.82) is 5.26 Å². The van der Waals surface area contributed by atoms with Gasteiger partial charge in [0.15, 0.2) is 5.82 Å². The number of hydrogen-bond acceptors (Lipinski definition) is 5. The number of methoxy groups -OCH3 is 1. The third-order valence-corrected chi connectivity index (χ3v) is 2.19. The molecular formula is C10H14N4O. The first kappa shape index (κ1) is 11.4. The van der Waals surface area contributed by atoms with Crippen molar-refractivity contribution in [3.63, 3.8) is 0 Å². The van der Waals surface area contributed by atoms with Crippen LogP contribution in [-0.4, -0.2) is 17.1 Å². The van der Waals surface area contributed by atoms with E-state index >= 15 is 0 Å². The molecule has 1 heterocycles. The summed E-state index contributed by atoms with van der Waals surface area (Å²) in [6.07, 6.45) is 0.597. The highest BCUT2D eigenvalue weighted by molar-refractivity contribution is 5.50. The number of nitrogens with zero attached hydrogens (tertiary/aromatic N) is 3. The normalized spacial score (nSPS) is 12.1. The van der Waals surface area contributed by atoms with E-state index in [1.54, 1.807) is 14.0 Å². The van der Waals surface area contributed by atoms with Crippen LogP contribution in [0.5, 0.6) is 0 Å². The van der Waals surface area contributed by atoms with Crippen molar-refractivity contribution in [3.05, 3.63) is 17.1 Å². The van der Waals surface area contributed by atoms with Gasteiger partial charge in [-0.15, -0.1) is 0 Å². The van der Waals surface area contributed by atoms with Crippen molar-refractivity contribution in [2.75, 3.05) is 12.8 Å². The summed E-state index contributed by atoms with van der Waals surface area (Å²) in [6, 6.07) is 1.97. The van der Waals surface area contributed by atoms with Crippen molar-refractivity contribution in [2.45, 2.75) is 26.4 Å². The Morgan fingerprint density at radius 3 is 2.60 bits per heavy atom. The second kappa shape index (κ2) is 4.71. The van der Waals surface area contributed by atoms with Crippen molar-refractivity contribution >= 4 is 5.82 Å². The number of nitriles is 1. The van der Waals surface area contributed by atoms with Gasteiger partial charge in [0.2, 0.25) is 0 Å². The van der Waals surface area contributed by atoms with Crippen LogP contribution >= 0.6 is 0 Å². The number of nitrogen functional groups attached to an aromatic ring is 1. The zero-order valence-corrected chi connectivity index (χ0v) is 9.11. The van der Waals surface area contributed by atoms with E-state index in [0.29, 0.717) is 17.1 Å². The van der Waals surface area contributed by atoms with Crippen molar-refractivity contribution in [1.82, 2.24) is 9.97 Å². The maximum Gasteiger partial charge on any atom is 0.159 e. The predicted molar refractivity (Wildman–Crippen MR) is 55.9 cm³/mol. The van der Waals surface area contributed by atoms with E-state index in [1.807, 2.05) is 13.0 Å². The highest BCUT2D eigenvalue weighted by Gasteiger charge is 2.15. The summed E-state index contributed by atoms with van der Waals surface area (Å²) in [6.45, 7) is 3.71. The SMILES string of the molecule is CCC(OC)c1nc(C)c(C#N)c(N)n1. The summed E-state index contributed by atoms with van der Waals surface area (Å²) in [5, 5.41) is 8.80. The molecule has 2 N–H and O–H groups in total. The maximum atomic E-state index is 8.80. The molecule has 15 heavy (non-hydrogen) atoms. The monoisotopic (exact) mass is 206 g/mol. The van der Waals surface area contributed by atoms with Gasteiger partial charge in [-0.3, -0.25) is 0 Å². The second-order valence-corrected chi connectivity index (χ2v) is 3.17. The van der Waals surface area contributed by atoms with Crippen LogP contribution in [0.15, 0.2) is 0 Å². The minimum Gasteiger partial charge on any atom is -0.382 e. The molecule has 0 amide bonds. The van der Waals surface area contributed by atoms with E-state index in [1.165, 1.54) is 0 Å². The minimum atomic E-state index is -0.168. The van der Waals surface area contributed by atoms with Gasteiger partial charge in [0.1, 0.15) is 23.6 Å². The summed E-state index contributed by atoms with van der Waals surface area (Å²) in [5.41, 5.74) is 6.58. The topological polar surface area (TPSA) is 84.8 Å². The summed E-state index contributed by atoms with van der Waals surface area (Å²) >= 11 is 0. The first-order valence-electron chi connectivity index (χ1n) is 4.70. The molecule has 0 bridgehead atoms. The molecule has 0 saturated carbocycles. The lowest BCUT2D eigenvalue weighted by molar-refractivity contribution is 0.0925. The summed E-state index contributed by atoms with van der Waals surface area (Å²) in [4.78, 5) is 8.27. The van der Waals surface area contributed by atoms with Gasteiger partial charge < -0.3 is 10.5 Å². The fourth-order valence-electron chi connectivity index (χ4n) is 1.35. The molecule has 0 fully saturated rings. The molecule has 0 aliphatic heterocycles. The molecule has 5 heteroatoms. The van der Waals surface area contributed by atoms with Gasteiger partial charge in [-0.05, 0) is 13.3 Å². The van der Waals surface area contributed by atoms with Gasteiger partial charge in [0.05, 0.1) is 5.69 Å². The van der Waals surface area contributed by atoms with Gasteiger partial charge in [-0.1, -0.05) is 6.92 Å². The van der Waals surface area contributed by atoms with Crippen LogP contribution in [0.4, 0.5) is 5.82 Å². The van der Waals surface area contributed by atoms with Crippen LogP contribution in [0.3, 0.4) is 0 Å². The molecule has 80 valence electrons. The molecule has 1 rings (SSSR count). The zero-order chi connectivity index (χ0) is 11.4. The van der Waals surface area contributed by atoms with E-state index in [9.17, 15) is 0 Å². The molecule has 5 nitrogen and oxygen atoms in total. The van der Waals surface area contributed by atoms with Crippen molar-refractivity contribution in [2.24, 2.45) is 0 Å². The molecule has 0 aliphatic carbocycles. The zero-order valence-electron chi connectivity index (χ0n) is 9.11. The molecule has 0 saturated heterocycles. The molecule has 0 radical (unpaired) electrons. The third kappa shape index (κ3) is 2.22. The first-order chi connectivity index (χ1) is 7.13. The lowest BCUT2D eigenvalue weighted by Crippen LogP contribution is -2.10. The lowest BCUT2D eigenvalue weighted by Gasteiger charge is -2.13. The van der Waals surface area contributed by atoms with Crippen molar-refractivity contribution in [3.8, 4) is 6.07 Å². The molecule has 0 aliphatic rings. The second-order valence-electron chi connectivity index (χ2n) is 3.17. The minimum absolute atomic E-state index is 0.168. The Balaban J connectivity index is 3.20. The molecular weight excluding hydrogens is 192 g/mol. The van der Waals surface area contributed by atoms with Crippen LogP contribution in [0.2, 0.25) is 0 Å². The largest absolute Gasteiger partial charge is 0.382 e. The summed E-state index contributed by atoms with van der Waals surface area (Å²) in [5.74, 6) is 0.754. The van der Waals surface area contributed by atoms with E-state index in [0.717, 1.165) is 6.42 Å². The fourth-order valence-corrected chi connectivity index (χ4v) is 1.35. The molecule has 0 spiro atoms. The van der Waals surface area contributed by atoms with Gasteiger partial charge in [0.25, 0.3) is 0 Å². The fraction of sp³-hybridized carbons (Fsp3) is 0.500. The first-order valence-corrected chi connectivity index (χ1v) is 4.70.